The highest BCUT2D eigenvalue weighted by Crippen LogP contribution is 2.36. The number of rotatable bonds is 4. The van der Waals surface area contributed by atoms with E-state index in [1.165, 1.54) is 0 Å². The van der Waals surface area contributed by atoms with E-state index >= 15 is 0 Å². The molecule has 7 heteroatoms. The van der Waals surface area contributed by atoms with Crippen LogP contribution in [0, 0.1) is 12.8 Å². The normalized spacial score (nSPS) is 16.7. The summed E-state index contributed by atoms with van der Waals surface area (Å²) in [6, 6.07) is 10.4. The third kappa shape index (κ3) is 3.64. The average molecular weight is 394 g/mol. The van der Waals surface area contributed by atoms with Gasteiger partial charge in [0.2, 0.25) is 5.91 Å². The fourth-order valence-corrected chi connectivity index (χ4v) is 3.19. The van der Waals surface area contributed by atoms with E-state index in [1.54, 1.807) is 36.3 Å². The quantitative estimate of drug-likeness (QED) is 0.574. The van der Waals surface area contributed by atoms with Crippen LogP contribution in [0.1, 0.15) is 12.0 Å². The van der Waals surface area contributed by atoms with E-state index in [4.69, 9.17) is 32.7 Å². The third-order valence-corrected chi connectivity index (χ3v) is 5.01. The SMILES string of the molecule is COc1ccc(C)cc1N1CC(C(=O)Oc2cccc(Cl)c2Cl)CC1=O. The first-order valence-corrected chi connectivity index (χ1v) is 8.77. The van der Waals surface area contributed by atoms with Crippen molar-refractivity contribution in [3.05, 3.63) is 52.0 Å². The van der Waals surface area contributed by atoms with Gasteiger partial charge in [-0.3, -0.25) is 9.59 Å². The number of aryl methyl sites for hydroxylation is 1. The van der Waals surface area contributed by atoms with Crippen LogP contribution in [0.15, 0.2) is 36.4 Å². The second-order valence-corrected chi connectivity index (χ2v) is 6.84. The first kappa shape index (κ1) is 18.5. The van der Waals surface area contributed by atoms with E-state index in [1.807, 2.05) is 19.1 Å². The number of hydrogen-bond acceptors (Lipinski definition) is 4. The Kier molecular flexibility index (Phi) is 5.39. The minimum absolute atomic E-state index is 0.0636. The topological polar surface area (TPSA) is 55.8 Å². The molecule has 5 nitrogen and oxygen atoms in total. The van der Waals surface area contributed by atoms with E-state index in [0.29, 0.717) is 16.5 Å². The highest BCUT2D eigenvalue weighted by molar-refractivity contribution is 6.43. The Balaban J connectivity index is 1.78. The molecule has 1 fully saturated rings. The monoisotopic (exact) mass is 393 g/mol. The highest BCUT2D eigenvalue weighted by atomic mass is 35.5. The van der Waals surface area contributed by atoms with Crippen LogP contribution in [0.5, 0.6) is 11.5 Å². The van der Waals surface area contributed by atoms with Crippen molar-refractivity contribution in [2.75, 3.05) is 18.6 Å². The number of ether oxygens (including phenoxy) is 2. The first-order chi connectivity index (χ1) is 12.4. The molecule has 0 radical (unpaired) electrons. The lowest BCUT2D eigenvalue weighted by atomic mass is 10.1. The zero-order chi connectivity index (χ0) is 18.8. The molecule has 0 aromatic heterocycles. The van der Waals surface area contributed by atoms with Gasteiger partial charge in [0.05, 0.1) is 23.7 Å². The Morgan fingerprint density at radius 2 is 1.96 bits per heavy atom. The molecule has 26 heavy (non-hydrogen) atoms. The number of carbonyl (C=O) groups is 2. The average Bonchev–Trinajstić information content (AvgIpc) is 3.00. The molecule has 1 amide bonds. The molecular weight excluding hydrogens is 377 g/mol. The van der Waals surface area contributed by atoms with Crippen molar-refractivity contribution in [2.45, 2.75) is 13.3 Å². The smallest absolute Gasteiger partial charge is 0.316 e. The van der Waals surface area contributed by atoms with E-state index in [-0.39, 0.29) is 29.6 Å². The predicted octanol–water partition coefficient (Wildman–Crippen LogP) is 4.27. The summed E-state index contributed by atoms with van der Waals surface area (Å²) in [6.45, 7) is 2.14. The molecule has 1 saturated heterocycles. The van der Waals surface area contributed by atoms with Crippen molar-refractivity contribution in [1.29, 1.82) is 0 Å². The number of hydrogen-bond donors (Lipinski definition) is 0. The molecule has 2 aromatic carbocycles. The van der Waals surface area contributed by atoms with E-state index < -0.39 is 11.9 Å². The summed E-state index contributed by atoms with van der Waals surface area (Å²) in [5.74, 6) is -0.508. The molecule has 1 aliphatic rings. The van der Waals surface area contributed by atoms with Gasteiger partial charge in [-0.15, -0.1) is 0 Å². The van der Waals surface area contributed by atoms with Gasteiger partial charge in [-0.05, 0) is 36.8 Å². The molecular formula is C19H17Cl2NO4. The lowest BCUT2D eigenvalue weighted by Crippen LogP contribution is -2.27. The molecule has 0 aliphatic carbocycles. The fraction of sp³-hybridized carbons (Fsp3) is 0.263. The Labute approximate surface area is 161 Å². The van der Waals surface area contributed by atoms with Crippen LogP contribution in [0.3, 0.4) is 0 Å². The van der Waals surface area contributed by atoms with E-state index in [9.17, 15) is 9.59 Å². The summed E-state index contributed by atoms with van der Waals surface area (Å²) in [5, 5.41) is 0.467. The zero-order valence-corrected chi connectivity index (χ0v) is 15.8. The minimum Gasteiger partial charge on any atom is -0.495 e. The van der Waals surface area contributed by atoms with Crippen LogP contribution < -0.4 is 14.4 Å². The van der Waals surface area contributed by atoms with Gasteiger partial charge in [0.25, 0.3) is 0 Å². The van der Waals surface area contributed by atoms with Crippen LogP contribution in [-0.4, -0.2) is 25.5 Å². The first-order valence-electron chi connectivity index (χ1n) is 8.01. The summed E-state index contributed by atoms with van der Waals surface area (Å²) in [5.41, 5.74) is 1.64. The lowest BCUT2D eigenvalue weighted by Gasteiger charge is -2.20. The highest BCUT2D eigenvalue weighted by Gasteiger charge is 2.37. The standard InChI is InChI=1S/C19H17Cl2NO4/c1-11-6-7-15(25-2)14(8-11)22-10-12(9-17(22)23)19(24)26-16-5-3-4-13(20)18(16)21/h3-8,12H,9-10H2,1-2H3. The van der Waals surface area contributed by atoms with Crippen LogP contribution in [0.25, 0.3) is 0 Å². The van der Waals surface area contributed by atoms with Gasteiger partial charge in [0, 0.05) is 13.0 Å². The Morgan fingerprint density at radius 3 is 2.69 bits per heavy atom. The van der Waals surface area contributed by atoms with Crippen molar-refractivity contribution >= 4 is 40.8 Å². The number of esters is 1. The molecule has 136 valence electrons. The zero-order valence-electron chi connectivity index (χ0n) is 14.3. The van der Waals surface area contributed by atoms with Crippen LogP contribution in [-0.2, 0) is 9.59 Å². The Hall–Kier alpha value is -2.24. The maximum atomic E-state index is 12.5. The van der Waals surface area contributed by atoms with Crippen LogP contribution in [0.4, 0.5) is 5.69 Å². The number of methoxy groups -OCH3 is 1. The van der Waals surface area contributed by atoms with Gasteiger partial charge in [-0.25, -0.2) is 0 Å². The summed E-state index contributed by atoms with van der Waals surface area (Å²) in [7, 11) is 1.54. The van der Waals surface area contributed by atoms with Crippen LogP contribution >= 0.6 is 23.2 Å². The summed E-state index contributed by atoms with van der Waals surface area (Å²) < 4.78 is 10.7. The molecule has 0 N–H and O–H groups in total. The Morgan fingerprint density at radius 1 is 1.19 bits per heavy atom. The number of amides is 1. The molecule has 0 saturated carbocycles. The van der Waals surface area contributed by atoms with Crippen LogP contribution in [0.2, 0.25) is 10.0 Å². The van der Waals surface area contributed by atoms with E-state index in [2.05, 4.69) is 0 Å². The number of anilines is 1. The van der Waals surface area contributed by atoms with Gasteiger partial charge >= 0.3 is 5.97 Å². The van der Waals surface area contributed by atoms with Crippen molar-refractivity contribution < 1.29 is 19.1 Å². The second-order valence-electron chi connectivity index (χ2n) is 6.05. The van der Waals surface area contributed by atoms with Crippen molar-refractivity contribution in [3.8, 4) is 11.5 Å². The summed E-state index contributed by atoms with van der Waals surface area (Å²) in [6.07, 6.45) is 0.0636. The summed E-state index contributed by atoms with van der Waals surface area (Å²) in [4.78, 5) is 26.5. The number of carbonyl (C=O) groups excluding carboxylic acids is 2. The lowest BCUT2D eigenvalue weighted by molar-refractivity contribution is -0.139. The minimum atomic E-state index is -0.595. The summed E-state index contributed by atoms with van der Waals surface area (Å²) >= 11 is 12.0. The Bertz CT molecular complexity index is 869. The molecule has 1 heterocycles. The van der Waals surface area contributed by atoms with Gasteiger partial charge < -0.3 is 14.4 Å². The molecule has 1 atom stereocenters. The van der Waals surface area contributed by atoms with Gasteiger partial charge in [-0.1, -0.05) is 35.3 Å². The molecule has 0 bridgehead atoms. The number of halogens is 2. The second kappa shape index (κ2) is 7.56. The van der Waals surface area contributed by atoms with Gasteiger partial charge in [-0.2, -0.15) is 0 Å². The largest absolute Gasteiger partial charge is 0.495 e. The molecule has 1 unspecified atom stereocenters. The van der Waals surface area contributed by atoms with Gasteiger partial charge in [0.1, 0.15) is 10.8 Å². The maximum Gasteiger partial charge on any atom is 0.316 e. The number of benzene rings is 2. The van der Waals surface area contributed by atoms with Crippen molar-refractivity contribution in [1.82, 2.24) is 0 Å². The fourth-order valence-electron chi connectivity index (χ4n) is 2.86. The van der Waals surface area contributed by atoms with Crippen molar-refractivity contribution in [2.24, 2.45) is 5.92 Å². The third-order valence-electron chi connectivity index (χ3n) is 4.21. The van der Waals surface area contributed by atoms with Crippen molar-refractivity contribution in [3.63, 3.8) is 0 Å². The maximum absolute atomic E-state index is 12.5. The molecule has 0 spiro atoms. The van der Waals surface area contributed by atoms with Gasteiger partial charge in [0.15, 0.2) is 5.75 Å². The molecule has 2 aromatic rings. The van der Waals surface area contributed by atoms with E-state index in [0.717, 1.165) is 5.56 Å². The number of nitrogens with zero attached hydrogens (tertiary/aromatic N) is 1. The molecule has 1 aliphatic heterocycles. The predicted molar refractivity (Wildman–Crippen MR) is 100 cm³/mol. The molecule has 3 rings (SSSR count).